The molecule has 0 saturated heterocycles. The number of nitrogens with one attached hydrogen (secondary N) is 1. The molecule has 0 aliphatic rings. The lowest BCUT2D eigenvalue weighted by atomic mass is 10.1. The van der Waals surface area contributed by atoms with Crippen LogP contribution in [0.15, 0.2) is 42.5 Å². The average molecular weight is 375 g/mol. The van der Waals surface area contributed by atoms with Gasteiger partial charge in [0, 0.05) is 45.8 Å². The molecular formula is C21H24Cl2N2. The summed E-state index contributed by atoms with van der Waals surface area (Å²) in [6.07, 6.45) is 1.12. The van der Waals surface area contributed by atoms with E-state index in [9.17, 15) is 0 Å². The van der Waals surface area contributed by atoms with Gasteiger partial charge in [-0.1, -0.05) is 54.4 Å². The van der Waals surface area contributed by atoms with Crippen LogP contribution in [0.3, 0.4) is 0 Å². The minimum absolute atomic E-state index is 0.507. The lowest BCUT2D eigenvalue weighted by Gasteiger charge is -2.13. The van der Waals surface area contributed by atoms with Gasteiger partial charge in [0.1, 0.15) is 0 Å². The van der Waals surface area contributed by atoms with Crippen molar-refractivity contribution in [2.75, 3.05) is 0 Å². The molecule has 1 N–H and O–H groups in total. The molecule has 1 heterocycles. The molecule has 1 atom stereocenters. The molecular weight excluding hydrogens is 351 g/mol. The Morgan fingerprint density at radius 1 is 1.12 bits per heavy atom. The Bertz CT molecular complexity index is 883. The summed E-state index contributed by atoms with van der Waals surface area (Å²) in [5.74, 6) is 0. The van der Waals surface area contributed by atoms with Gasteiger partial charge in [-0.2, -0.15) is 0 Å². The normalized spacial score (nSPS) is 12.7. The molecule has 132 valence electrons. The molecule has 0 radical (unpaired) electrons. The zero-order chi connectivity index (χ0) is 18.0. The van der Waals surface area contributed by atoms with E-state index in [1.807, 2.05) is 18.2 Å². The Balaban J connectivity index is 2.01. The summed E-state index contributed by atoms with van der Waals surface area (Å²) in [6.45, 7) is 8.24. The number of hydrogen-bond donors (Lipinski definition) is 1. The van der Waals surface area contributed by atoms with Crippen LogP contribution in [-0.4, -0.2) is 10.6 Å². The fourth-order valence-electron chi connectivity index (χ4n) is 3.17. The second-order valence-corrected chi connectivity index (χ2v) is 7.44. The first-order valence-electron chi connectivity index (χ1n) is 8.75. The van der Waals surface area contributed by atoms with Crippen LogP contribution in [0.5, 0.6) is 0 Å². The van der Waals surface area contributed by atoms with E-state index in [-0.39, 0.29) is 0 Å². The van der Waals surface area contributed by atoms with Crippen molar-refractivity contribution in [1.29, 1.82) is 0 Å². The number of para-hydroxylation sites is 1. The standard InChI is InChI=1S/C21H24Cl2N2/c1-4-14(2)24-12-19-15(3)25(21-8-6-5-7-18(19)21)13-16-9-10-17(22)11-20(16)23/h5-11,14,24H,4,12-13H2,1-3H3/t14-/m1/s1. The molecule has 0 aliphatic carbocycles. The molecule has 0 fully saturated rings. The Kier molecular flexibility index (Phi) is 5.73. The van der Waals surface area contributed by atoms with E-state index in [2.05, 4.69) is 54.9 Å². The predicted octanol–water partition coefficient (Wildman–Crippen LogP) is 6.19. The molecule has 0 saturated carbocycles. The molecule has 1 aromatic heterocycles. The van der Waals surface area contributed by atoms with E-state index in [1.54, 1.807) is 0 Å². The lowest BCUT2D eigenvalue weighted by Crippen LogP contribution is -2.24. The Morgan fingerprint density at radius 2 is 1.88 bits per heavy atom. The number of rotatable bonds is 6. The highest BCUT2D eigenvalue weighted by Crippen LogP contribution is 2.29. The number of hydrogen-bond acceptors (Lipinski definition) is 1. The maximum atomic E-state index is 6.40. The van der Waals surface area contributed by atoms with Crippen LogP contribution in [0.4, 0.5) is 0 Å². The molecule has 0 aliphatic heterocycles. The highest BCUT2D eigenvalue weighted by molar-refractivity contribution is 6.35. The molecule has 2 aromatic carbocycles. The van der Waals surface area contributed by atoms with Gasteiger partial charge in [-0.25, -0.2) is 0 Å². The largest absolute Gasteiger partial charge is 0.340 e. The van der Waals surface area contributed by atoms with Gasteiger partial charge >= 0.3 is 0 Å². The van der Waals surface area contributed by atoms with Crippen LogP contribution in [0.2, 0.25) is 10.0 Å². The van der Waals surface area contributed by atoms with Gasteiger partial charge in [0.05, 0.1) is 0 Å². The van der Waals surface area contributed by atoms with Crippen molar-refractivity contribution >= 4 is 34.1 Å². The highest BCUT2D eigenvalue weighted by atomic mass is 35.5. The van der Waals surface area contributed by atoms with Gasteiger partial charge in [0.25, 0.3) is 0 Å². The summed E-state index contributed by atoms with van der Waals surface area (Å²) in [4.78, 5) is 0. The van der Waals surface area contributed by atoms with Crippen molar-refractivity contribution in [3.05, 3.63) is 69.3 Å². The Labute approximate surface area is 159 Å². The zero-order valence-electron chi connectivity index (χ0n) is 14.9. The van der Waals surface area contributed by atoms with Crippen molar-refractivity contribution in [2.24, 2.45) is 0 Å². The second kappa shape index (κ2) is 7.82. The summed E-state index contributed by atoms with van der Waals surface area (Å²) in [5.41, 5.74) is 4.97. The SMILES string of the molecule is CC[C@@H](C)NCc1c(C)n(Cc2ccc(Cl)cc2Cl)c2ccccc12. The predicted molar refractivity (Wildman–Crippen MR) is 109 cm³/mol. The van der Waals surface area contributed by atoms with Crippen molar-refractivity contribution in [1.82, 2.24) is 9.88 Å². The van der Waals surface area contributed by atoms with Crippen LogP contribution < -0.4 is 5.32 Å². The smallest absolute Gasteiger partial charge is 0.0493 e. The topological polar surface area (TPSA) is 17.0 Å². The average Bonchev–Trinajstić information content (AvgIpc) is 2.87. The summed E-state index contributed by atoms with van der Waals surface area (Å²) in [7, 11) is 0. The van der Waals surface area contributed by atoms with Crippen molar-refractivity contribution in [2.45, 2.75) is 46.3 Å². The second-order valence-electron chi connectivity index (χ2n) is 6.59. The third-order valence-corrected chi connectivity index (χ3v) is 5.53. The maximum absolute atomic E-state index is 6.40. The molecule has 0 unspecified atom stereocenters. The van der Waals surface area contributed by atoms with E-state index in [0.717, 1.165) is 25.1 Å². The number of halogens is 2. The van der Waals surface area contributed by atoms with Crippen LogP contribution in [0.1, 0.15) is 37.1 Å². The van der Waals surface area contributed by atoms with E-state index in [4.69, 9.17) is 23.2 Å². The summed E-state index contributed by atoms with van der Waals surface area (Å²) in [6, 6.07) is 14.8. The molecule has 3 aromatic rings. The first kappa shape index (κ1) is 18.3. The van der Waals surface area contributed by atoms with E-state index in [0.29, 0.717) is 16.1 Å². The van der Waals surface area contributed by atoms with E-state index in [1.165, 1.54) is 22.2 Å². The van der Waals surface area contributed by atoms with Crippen molar-refractivity contribution in [3.8, 4) is 0 Å². The summed E-state index contributed by atoms with van der Waals surface area (Å²) < 4.78 is 2.35. The monoisotopic (exact) mass is 374 g/mol. The molecule has 2 nitrogen and oxygen atoms in total. The van der Waals surface area contributed by atoms with Crippen LogP contribution in [0.25, 0.3) is 10.9 Å². The van der Waals surface area contributed by atoms with Gasteiger partial charge in [-0.15, -0.1) is 0 Å². The number of fused-ring (bicyclic) bond motifs is 1. The summed E-state index contributed by atoms with van der Waals surface area (Å²) >= 11 is 12.4. The number of aromatic nitrogens is 1. The molecule has 0 spiro atoms. The first-order chi connectivity index (χ1) is 12.0. The summed E-state index contributed by atoms with van der Waals surface area (Å²) in [5, 5.41) is 6.31. The highest BCUT2D eigenvalue weighted by Gasteiger charge is 2.15. The van der Waals surface area contributed by atoms with E-state index >= 15 is 0 Å². The van der Waals surface area contributed by atoms with Crippen molar-refractivity contribution in [3.63, 3.8) is 0 Å². The lowest BCUT2D eigenvalue weighted by molar-refractivity contribution is 0.533. The third kappa shape index (κ3) is 3.87. The number of benzene rings is 2. The van der Waals surface area contributed by atoms with Crippen LogP contribution in [0, 0.1) is 6.92 Å². The molecule has 0 amide bonds. The molecule has 4 heteroatoms. The van der Waals surface area contributed by atoms with Gasteiger partial charge in [0.2, 0.25) is 0 Å². The van der Waals surface area contributed by atoms with Crippen LogP contribution >= 0.6 is 23.2 Å². The zero-order valence-corrected chi connectivity index (χ0v) is 16.5. The number of nitrogens with zero attached hydrogens (tertiary/aromatic N) is 1. The fourth-order valence-corrected chi connectivity index (χ4v) is 3.64. The molecule has 0 bridgehead atoms. The van der Waals surface area contributed by atoms with E-state index < -0.39 is 0 Å². The van der Waals surface area contributed by atoms with Gasteiger partial charge in [-0.3, -0.25) is 0 Å². The Morgan fingerprint density at radius 3 is 2.60 bits per heavy atom. The minimum atomic E-state index is 0.507. The van der Waals surface area contributed by atoms with Crippen LogP contribution in [-0.2, 0) is 13.1 Å². The van der Waals surface area contributed by atoms with Gasteiger partial charge in [0.15, 0.2) is 0 Å². The Hall–Kier alpha value is -1.48. The van der Waals surface area contributed by atoms with Gasteiger partial charge < -0.3 is 9.88 Å². The molecule has 25 heavy (non-hydrogen) atoms. The third-order valence-electron chi connectivity index (χ3n) is 4.94. The van der Waals surface area contributed by atoms with Crippen molar-refractivity contribution < 1.29 is 0 Å². The maximum Gasteiger partial charge on any atom is 0.0493 e. The van der Waals surface area contributed by atoms with Gasteiger partial charge in [-0.05, 0) is 49.6 Å². The molecule has 3 rings (SSSR count). The minimum Gasteiger partial charge on any atom is -0.340 e. The fraction of sp³-hybridized carbons (Fsp3) is 0.333. The first-order valence-corrected chi connectivity index (χ1v) is 9.50. The quantitative estimate of drug-likeness (QED) is 0.543.